The van der Waals surface area contributed by atoms with Crippen LogP contribution in [0.1, 0.15) is 65.9 Å². The van der Waals surface area contributed by atoms with Gasteiger partial charge < -0.3 is 15.5 Å². The lowest BCUT2D eigenvalue weighted by molar-refractivity contribution is -0.122. The van der Waals surface area contributed by atoms with E-state index in [1.165, 1.54) is 62.9 Å². The molecule has 5 rings (SSSR count). The average molecular weight is 475 g/mol. The van der Waals surface area contributed by atoms with Crippen molar-refractivity contribution in [1.82, 2.24) is 15.5 Å². The molecule has 6 nitrogen and oxygen atoms in total. The molecule has 186 valence electrons. The minimum Gasteiger partial charge on any atom is -0.372 e. The van der Waals surface area contributed by atoms with Crippen molar-refractivity contribution in [2.24, 2.45) is 0 Å². The second-order valence-corrected chi connectivity index (χ2v) is 10.6. The van der Waals surface area contributed by atoms with E-state index < -0.39 is 0 Å². The Morgan fingerprint density at radius 3 is 2.34 bits per heavy atom. The zero-order valence-electron chi connectivity index (χ0n) is 20.8. The van der Waals surface area contributed by atoms with Crippen LogP contribution in [0.5, 0.6) is 0 Å². The lowest BCUT2D eigenvalue weighted by Gasteiger charge is -2.46. The number of nitrogens with zero attached hydrogens (tertiary/aromatic N) is 2. The third-order valence-electron chi connectivity index (χ3n) is 8.01. The predicted molar refractivity (Wildman–Crippen MR) is 140 cm³/mol. The zero-order chi connectivity index (χ0) is 24.2. The van der Waals surface area contributed by atoms with Gasteiger partial charge in [0.05, 0.1) is 12.6 Å². The Balaban J connectivity index is 0.998. The van der Waals surface area contributed by atoms with Gasteiger partial charge in [0.2, 0.25) is 5.91 Å². The lowest BCUT2D eigenvalue weighted by Crippen LogP contribution is -2.63. The number of aryl methyl sites for hydroxylation is 1. The fourth-order valence-electron chi connectivity index (χ4n) is 5.94. The maximum atomic E-state index is 12.3. The zero-order valence-corrected chi connectivity index (χ0v) is 20.8. The first-order valence-electron chi connectivity index (χ1n) is 13.3. The SMILES string of the molecule is Cc1cccc(C(=O)NCC(=O)NC2CN(C3CCC(c4ccc(N5CCCC5)cc4)CC3)C2)c1. The van der Waals surface area contributed by atoms with Crippen molar-refractivity contribution in [3.05, 3.63) is 65.2 Å². The van der Waals surface area contributed by atoms with Gasteiger partial charge in [0.15, 0.2) is 0 Å². The average Bonchev–Trinajstić information content (AvgIpc) is 3.40. The maximum Gasteiger partial charge on any atom is 0.251 e. The van der Waals surface area contributed by atoms with E-state index in [1.54, 1.807) is 6.07 Å². The normalized spacial score (nSPS) is 23.1. The summed E-state index contributed by atoms with van der Waals surface area (Å²) in [5.74, 6) is 0.353. The van der Waals surface area contributed by atoms with E-state index in [0.717, 1.165) is 18.7 Å². The van der Waals surface area contributed by atoms with Crippen LogP contribution >= 0.6 is 0 Å². The Labute approximate surface area is 209 Å². The number of carbonyl (C=O) groups excluding carboxylic acids is 2. The highest BCUT2D eigenvalue weighted by molar-refractivity contribution is 5.96. The van der Waals surface area contributed by atoms with Crippen molar-refractivity contribution in [3.8, 4) is 0 Å². The minimum absolute atomic E-state index is 0.0188. The molecule has 0 bridgehead atoms. The third kappa shape index (κ3) is 5.87. The molecule has 1 saturated carbocycles. The smallest absolute Gasteiger partial charge is 0.251 e. The molecule has 0 spiro atoms. The molecule has 0 atom stereocenters. The van der Waals surface area contributed by atoms with E-state index in [9.17, 15) is 9.59 Å². The molecule has 1 aliphatic carbocycles. The molecule has 0 unspecified atom stereocenters. The minimum atomic E-state index is -0.207. The number of anilines is 1. The maximum absolute atomic E-state index is 12.3. The molecule has 3 aliphatic rings. The van der Waals surface area contributed by atoms with E-state index in [1.807, 2.05) is 25.1 Å². The highest BCUT2D eigenvalue weighted by Crippen LogP contribution is 2.36. The second-order valence-electron chi connectivity index (χ2n) is 10.6. The van der Waals surface area contributed by atoms with E-state index in [2.05, 4.69) is 44.7 Å². The summed E-state index contributed by atoms with van der Waals surface area (Å²) in [4.78, 5) is 29.5. The van der Waals surface area contributed by atoms with Crippen molar-refractivity contribution in [2.45, 2.75) is 63.5 Å². The van der Waals surface area contributed by atoms with Crippen LogP contribution in [-0.4, -0.2) is 61.5 Å². The van der Waals surface area contributed by atoms with Crippen molar-refractivity contribution >= 4 is 17.5 Å². The summed E-state index contributed by atoms with van der Waals surface area (Å²) in [6, 6.07) is 17.6. The first kappa shape index (κ1) is 23.9. The Bertz CT molecular complexity index is 1020. The quantitative estimate of drug-likeness (QED) is 0.640. The number of hydrogen-bond acceptors (Lipinski definition) is 4. The topological polar surface area (TPSA) is 64.7 Å². The van der Waals surface area contributed by atoms with Gasteiger partial charge >= 0.3 is 0 Å². The van der Waals surface area contributed by atoms with Crippen LogP contribution in [0, 0.1) is 6.92 Å². The van der Waals surface area contributed by atoms with Crippen LogP contribution < -0.4 is 15.5 Å². The fourth-order valence-corrected chi connectivity index (χ4v) is 5.94. The highest BCUT2D eigenvalue weighted by Gasteiger charge is 2.35. The first-order valence-corrected chi connectivity index (χ1v) is 13.3. The van der Waals surface area contributed by atoms with Crippen molar-refractivity contribution in [1.29, 1.82) is 0 Å². The Kier molecular flexibility index (Phi) is 7.37. The van der Waals surface area contributed by atoms with Crippen LogP contribution in [0.4, 0.5) is 5.69 Å². The molecular formula is C29H38N4O2. The Hall–Kier alpha value is -2.86. The summed E-state index contributed by atoms with van der Waals surface area (Å²) in [5, 5.41) is 5.79. The standard InChI is InChI=1S/C29H38N4O2/c1-21-5-4-6-24(17-21)29(35)30-18-28(34)31-25-19-33(20-25)27-13-9-23(10-14-27)22-7-11-26(12-8-22)32-15-2-3-16-32/h4-8,11-12,17,23,25,27H,2-3,9-10,13-16,18-20H2,1H3,(H,30,35)(H,31,34). The van der Waals surface area contributed by atoms with E-state index in [4.69, 9.17) is 0 Å². The van der Waals surface area contributed by atoms with Crippen molar-refractivity contribution < 1.29 is 9.59 Å². The number of likely N-dealkylation sites (tertiary alicyclic amines) is 1. The van der Waals surface area contributed by atoms with Gasteiger partial charge in [-0.25, -0.2) is 0 Å². The van der Waals surface area contributed by atoms with E-state index in [-0.39, 0.29) is 24.4 Å². The summed E-state index contributed by atoms with van der Waals surface area (Å²) in [7, 11) is 0. The molecule has 6 heteroatoms. The molecule has 2 amide bonds. The molecular weight excluding hydrogens is 436 g/mol. The molecule has 2 saturated heterocycles. The van der Waals surface area contributed by atoms with Gasteiger partial charge in [-0.1, -0.05) is 29.8 Å². The van der Waals surface area contributed by atoms with Crippen molar-refractivity contribution in [3.63, 3.8) is 0 Å². The van der Waals surface area contributed by atoms with Crippen LogP contribution in [-0.2, 0) is 4.79 Å². The molecule has 2 heterocycles. The van der Waals surface area contributed by atoms with Gasteiger partial charge in [-0.3, -0.25) is 14.5 Å². The third-order valence-corrected chi connectivity index (χ3v) is 8.01. The molecule has 0 aromatic heterocycles. The van der Waals surface area contributed by atoms with Gasteiger partial charge in [0.25, 0.3) is 5.91 Å². The van der Waals surface area contributed by atoms with Gasteiger partial charge in [-0.05, 0) is 81.2 Å². The number of carbonyl (C=O) groups is 2. The number of rotatable bonds is 7. The molecule has 3 fully saturated rings. The summed E-state index contributed by atoms with van der Waals surface area (Å²) in [5.41, 5.74) is 4.49. The molecule has 2 aromatic rings. The number of hydrogen-bond donors (Lipinski definition) is 2. The number of benzene rings is 2. The van der Waals surface area contributed by atoms with Crippen LogP contribution in [0.3, 0.4) is 0 Å². The van der Waals surface area contributed by atoms with Gasteiger partial charge in [0, 0.05) is 43.5 Å². The molecule has 0 radical (unpaired) electrons. The summed E-state index contributed by atoms with van der Waals surface area (Å²) in [6.07, 6.45) is 7.57. The molecule has 2 aromatic carbocycles. The summed E-state index contributed by atoms with van der Waals surface area (Å²) in [6.45, 7) is 6.19. The second kappa shape index (κ2) is 10.8. The Morgan fingerprint density at radius 1 is 0.943 bits per heavy atom. The summed E-state index contributed by atoms with van der Waals surface area (Å²) < 4.78 is 0. The molecule has 2 N–H and O–H groups in total. The van der Waals surface area contributed by atoms with Crippen LogP contribution in [0.15, 0.2) is 48.5 Å². The van der Waals surface area contributed by atoms with Gasteiger partial charge in [-0.2, -0.15) is 0 Å². The fraction of sp³-hybridized carbons (Fsp3) is 0.517. The summed E-state index contributed by atoms with van der Waals surface area (Å²) >= 11 is 0. The lowest BCUT2D eigenvalue weighted by atomic mass is 9.80. The van der Waals surface area contributed by atoms with Crippen LogP contribution in [0.2, 0.25) is 0 Å². The van der Waals surface area contributed by atoms with Crippen LogP contribution in [0.25, 0.3) is 0 Å². The van der Waals surface area contributed by atoms with Crippen molar-refractivity contribution in [2.75, 3.05) is 37.6 Å². The van der Waals surface area contributed by atoms with E-state index >= 15 is 0 Å². The molecule has 35 heavy (non-hydrogen) atoms. The number of nitrogens with one attached hydrogen (secondary N) is 2. The van der Waals surface area contributed by atoms with Gasteiger partial charge in [-0.15, -0.1) is 0 Å². The largest absolute Gasteiger partial charge is 0.372 e. The monoisotopic (exact) mass is 474 g/mol. The molecule has 2 aliphatic heterocycles. The number of amides is 2. The van der Waals surface area contributed by atoms with Gasteiger partial charge in [0.1, 0.15) is 0 Å². The predicted octanol–water partition coefficient (Wildman–Crippen LogP) is 3.85. The Morgan fingerprint density at radius 2 is 1.66 bits per heavy atom. The highest BCUT2D eigenvalue weighted by atomic mass is 16.2. The first-order chi connectivity index (χ1) is 17.0. The van der Waals surface area contributed by atoms with E-state index in [0.29, 0.717) is 17.5 Å².